The Balaban J connectivity index is 1.54. The molecule has 1 atom stereocenters. The molecule has 2 aromatic carbocycles. The number of carbonyl (C=O) groups is 1. The van der Waals surface area contributed by atoms with Gasteiger partial charge in [-0.05, 0) is 24.3 Å². The molecule has 8 heteroatoms. The van der Waals surface area contributed by atoms with Gasteiger partial charge in [0, 0.05) is 30.3 Å². The summed E-state index contributed by atoms with van der Waals surface area (Å²) in [6, 6.07) is 11.8. The molecule has 0 spiro atoms. The van der Waals surface area contributed by atoms with Crippen LogP contribution in [0.1, 0.15) is 18.2 Å². The van der Waals surface area contributed by atoms with E-state index in [-0.39, 0.29) is 24.0 Å². The molecule has 7 nitrogen and oxygen atoms in total. The number of carbonyl (C=O) groups excluding carboxylic acids is 1. The number of hydrogen-bond acceptors (Lipinski definition) is 6. The molecule has 1 saturated heterocycles. The Morgan fingerprint density at radius 2 is 2.04 bits per heavy atom. The van der Waals surface area contributed by atoms with Gasteiger partial charge in [-0.25, -0.2) is 4.39 Å². The first-order valence-corrected chi connectivity index (χ1v) is 8.71. The number of benzene rings is 2. The van der Waals surface area contributed by atoms with Crippen molar-refractivity contribution < 1.29 is 23.2 Å². The number of anilines is 1. The third kappa shape index (κ3) is 3.28. The number of hydrogen-bond donors (Lipinski definition) is 0. The van der Waals surface area contributed by atoms with Gasteiger partial charge in [0.15, 0.2) is 11.6 Å². The second kappa shape index (κ2) is 7.30. The zero-order chi connectivity index (χ0) is 19.7. The van der Waals surface area contributed by atoms with Crippen molar-refractivity contribution in [3.8, 4) is 22.9 Å². The second-order valence-electron chi connectivity index (χ2n) is 6.41. The molecule has 4 rings (SSSR count). The molecule has 144 valence electrons. The number of ether oxygens (including phenoxy) is 2. The summed E-state index contributed by atoms with van der Waals surface area (Å²) in [4.78, 5) is 18.4. The average Bonchev–Trinajstić information content (AvgIpc) is 3.35. The van der Waals surface area contributed by atoms with Gasteiger partial charge in [-0.15, -0.1) is 0 Å². The fourth-order valence-electron chi connectivity index (χ4n) is 3.23. The van der Waals surface area contributed by atoms with Crippen LogP contribution in [0, 0.1) is 5.82 Å². The predicted molar refractivity (Wildman–Crippen MR) is 98.9 cm³/mol. The summed E-state index contributed by atoms with van der Waals surface area (Å²) in [5.41, 5.74) is 1.23. The van der Waals surface area contributed by atoms with Crippen molar-refractivity contribution in [3.05, 3.63) is 54.2 Å². The minimum Gasteiger partial charge on any atom is -0.497 e. The molecule has 0 radical (unpaired) electrons. The fraction of sp³-hybridized carbons (Fsp3) is 0.250. The molecule has 1 fully saturated rings. The fourth-order valence-corrected chi connectivity index (χ4v) is 3.23. The number of amides is 1. The highest BCUT2D eigenvalue weighted by molar-refractivity contribution is 5.96. The van der Waals surface area contributed by atoms with E-state index >= 15 is 0 Å². The van der Waals surface area contributed by atoms with Gasteiger partial charge < -0.3 is 18.9 Å². The van der Waals surface area contributed by atoms with E-state index in [9.17, 15) is 9.18 Å². The molecular weight excluding hydrogens is 365 g/mol. The number of methoxy groups -OCH3 is 2. The van der Waals surface area contributed by atoms with Gasteiger partial charge in [-0.1, -0.05) is 17.3 Å². The Morgan fingerprint density at radius 1 is 1.18 bits per heavy atom. The van der Waals surface area contributed by atoms with Gasteiger partial charge in [0.05, 0.1) is 20.1 Å². The van der Waals surface area contributed by atoms with Gasteiger partial charge in [0.25, 0.3) is 0 Å². The Morgan fingerprint density at radius 3 is 2.79 bits per heavy atom. The maximum absolute atomic E-state index is 14.0. The highest BCUT2D eigenvalue weighted by Gasteiger charge is 2.35. The van der Waals surface area contributed by atoms with Gasteiger partial charge in [-0.2, -0.15) is 4.98 Å². The maximum Gasteiger partial charge on any atom is 0.232 e. The molecule has 28 heavy (non-hydrogen) atoms. The Kier molecular flexibility index (Phi) is 4.68. The minimum absolute atomic E-state index is 0.129. The third-order valence-electron chi connectivity index (χ3n) is 4.69. The van der Waals surface area contributed by atoms with Gasteiger partial charge in [0.1, 0.15) is 5.75 Å². The molecule has 1 aliphatic heterocycles. The van der Waals surface area contributed by atoms with Crippen LogP contribution in [0.15, 0.2) is 47.0 Å². The first-order chi connectivity index (χ1) is 13.6. The van der Waals surface area contributed by atoms with Crippen molar-refractivity contribution in [2.45, 2.75) is 12.3 Å². The molecule has 0 N–H and O–H groups in total. The Bertz CT molecular complexity index is 1020. The minimum atomic E-state index is -0.519. The van der Waals surface area contributed by atoms with E-state index in [2.05, 4.69) is 10.1 Å². The smallest absolute Gasteiger partial charge is 0.232 e. The molecular formula is C20H18FN3O4. The molecule has 3 aromatic rings. The summed E-state index contributed by atoms with van der Waals surface area (Å²) < 4.78 is 29.5. The lowest BCUT2D eigenvalue weighted by atomic mass is 10.1. The van der Waals surface area contributed by atoms with Crippen LogP contribution in [0.5, 0.6) is 11.5 Å². The van der Waals surface area contributed by atoms with E-state index < -0.39 is 5.82 Å². The van der Waals surface area contributed by atoms with Crippen LogP contribution >= 0.6 is 0 Å². The van der Waals surface area contributed by atoms with Crippen LogP contribution in [0.25, 0.3) is 11.4 Å². The summed E-state index contributed by atoms with van der Waals surface area (Å²) in [7, 11) is 2.98. The standard InChI is InChI=1S/C20H18FN3O4/c1-26-15-5-3-4-12(8-15)19-22-20(28-23-19)13-9-18(25)24(11-13)14-6-7-17(27-2)16(21)10-14/h3-8,10,13H,9,11H2,1-2H3. The predicted octanol–water partition coefficient (Wildman–Crippen LogP) is 3.41. The van der Waals surface area contributed by atoms with Gasteiger partial charge >= 0.3 is 0 Å². The van der Waals surface area contributed by atoms with Crippen molar-refractivity contribution in [3.63, 3.8) is 0 Å². The summed E-state index contributed by atoms with van der Waals surface area (Å²) in [6.07, 6.45) is 0.216. The van der Waals surface area contributed by atoms with E-state index in [0.717, 1.165) is 5.56 Å². The lowest BCUT2D eigenvalue weighted by Crippen LogP contribution is -2.24. The van der Waals surface area contributed by atoms with E-state index in [1.807, 2.05) is 18.2 Å². The summed E-state index contributed by atoms with van der Waals surface area (Å²) >= 11 is 0. The van der Waals surface area contributed by atoms with Crippen molar-refractivity contribution in [1.29, 1.82) is 0 Å². The third-order valence-corrected chi connectivity index (χ3v) is 4.69. The molecule has 1 unspecified atom stereocenters. The normalized spacial score (nSPS) is 16.5. The number of rotatable bonds is 5. The SMILES string of the molecule is COc1cccc(-c2noc(C3CC(=O)N(c4ccc(OC)c(F)c4)C3)n2)c1. The van der Waals surface area contributed by atoms with Crippen LogP contribution in [0.4, 0.5) is 10.1 Å². The Labute approximate surface area is 160 Å². The van der Waals surface area contributed by atoms with Crippen molar-refractivity contribution in [2.75, 3.05) is 25.7 Å². The van der Waals surface area contributed by atoms with Crippen LogP contribution in [-0.2, 0) is 4.79 Å². The maximum atomic E-state index is 14.0. The second-order valence-corrected chi connectivity index (χ2v) is 6.41. The molecule has 0 saturated carbocycles. The first kappa shape index (κ1) is 18.0. The van der Waals surface area contributed by atoms with Crippen molar-refractivity contribution in [2.24, 2.45) is 0 Å². The topological polar surface area (TPSA) is 77.7 Å². The lowest BCUT2D eigenvalue weighted by Gasteiger charge is -2.16. The van der Waals surface area contributed by atoms with E-state index in [1.165, 1.54) is 24.1 Å². The molecule has 1 aliphatic rings. The van der Waals surface area contributed by atoms with Crippen molar-refractivity contribution in [1.82, 2.24) is 10.1 Å². The summed E-state index contributed by atoms with van der Waals surface area (Å²) in [6.45, 7) is 0.338. The number of nitrogens with zero attached hydrogens (tertiary/aromatic N) is 3. The molecule has 2 heterocycles. The van der Waals surface area contributed by atoms with Gasteiger partial charge in [-0.3, -0.25) is 4.79 Å². The largest absolute Gasteiger partial charge is 0.497 e. The van der Waals surface area contributed by atoms with Crippen LogP contribution in [0.3, 0.4) is 0 Å². The quantitative estimate of drug-likeness (QED) is 0.672. The monoisotopic (exact) mass is 383 g/mol. The first-order valence-electron chi connectivity index (χ1n) is 8.71. The lowest BCUT2D eigenvalue weighted by molar-refractivity contribution is -0.117. The molecule has 1 aromatic heterocycles. The van der Waals surface area contributed by atoms with Gasteiger partial charge in [0.2, 0.25) is 17.6 Å². The van der Waals surface area contributed by atoms with Crippen molar-refractivity contribution >= 4 is 11.6 Å². The molecule has 0 bridgehead atoms. The zero-order valence-electron chi connectivity index (χ0n) is 15.4. The number of halogens is 1. The molecule has 0 aliphatic carbocycles. The van der Waals surface area contributed by atoms with E-state index in [4.69, 9.17) is 14.0 Å². The summed E-state index contributed by atoms with van der Waals surface area (Å²) in [5.74, 6) is 0.715. The Hall–Kier alpha value is -3.42. The van der Waals surface area contributed by atoms with Crippen LogP contribution in [-0.4, -0.2) is 36.8 Å². The highest BCUT2D eigenvalue weighted by Crippen LogP contribution is 2.33. The van der Waals surface area contributed by atoms with E-state index in [1.54, 1.807) is 19.2 Å². The van der Waals surface area contributed by atoms with E-state index in [0.29, 0.717) is 29.7 Å². The number of aromatic nitrogens is 2. The summed E-state index contributed by atoms with van der Waals surface area (Å²) in [5, 5.41) is 4.02. The van der Waals surface area contributed by atoms with Crippen LogP contribution < -0.4 is 14.4 Å². The van der Waals surface area contributed by atoms with Crippen LogP contribution in [0.2, 0.25) is 0 Å². The highest BCUT2D eigenvalue weighted by atomic mass is 19.1. The molecule has 1 amide bonds. The zero-order valence-corrected chi connectivity index (χ0v) is 15.4. The average molecular weight is 383 g/mol.